The summed E-state index contributed by atoms with van der Waals surface area (Å²) in [5.41, 5.74) is 4.28. The van der Waals surface area contributed by atoms with E-state index >= 15 is 0 Å². The first kappa shape index (κ1) is 13.6. The molecule has 1 unspecified atom stereocenters. The van der Waals surface area contributed by atoms with Crippen molar-refractivity contribution in [1.82, 2.24) is 0 Å². The van der Waals surface area contributed by atoms with Gasteiger partial charge in [0.15, 0.2) is 0 Å². The fraction of sp³-hybridized carbons (Fsp3) is 0.188. The minimum atomic E-state index is -0.348. The van der Waals surface area contributed by atoms with E-state index in [1.807, 2.05) is 56.3 Å². The molecule has 0 aliphatic carbocycles. The molecule has 0 aromatic heterocycles. The first-order chi connectivity index (χ1) is 9.10. The van der Waals surface area contributed by atoms with Gasteiger partial charge in [-0.05, 0) is 43.2 Å². The molecule has 1 N–H and O–H groups in total. The maximum absolute atomic E-state index is 9.33. The lowest BCUT2D eigenvalue weighted by Gasteiger charge is -2.14. The highest BCUT2D eigenvalue weighted by Crippen LogP contribution is 2.24. The molecule has 0 bridgehead atoms. The number of hydrogen-bond donors (Lipinski definition) is 1. The molecule has 0 aliphatic heterocycles. The molecule has 0 fully saturated rings. The molecule has 0 saturated carbocycles. The molecule has 2 nitrogen and oxygen atoms in total. The van der Waals surface area contributed by atoms with Crippen molar-refractivity contribution in [3.8, 4) is 6.07 Å². The van der Waals surface area contributed by atoms with Gasteiger partial charge in [-0.2, -0.15) is 5.26 Å². The second-order valence-electron chi connectivity index (χ2n) is 4.58. The summed E-state index contributed by atoms with van der Waals surface area (Å²) in [5, 5.41) is 12.6. The van der Waals surface area contributed by atoms with Crippen molar-refractivity contribution in [2.24, 2.45) is 0 Å². The lowest BCUT2D eigenvalue weighted by atomic mass is 10.1. The average molecular weight is 315 g/mol. The molecule has 19 heavy (non-hydrogen) atoms. The predicted octanol–water partition coefficient (Wildman–Crippen LogP) is 4.74. The van der Waals surface area contributed by atoms with Gasteiger partial charge >= 0.3 is 0 Å². The van der Waals surface area contributed by atoms with Crippen LogP contribution in [-0.2, 0) is 0 Å². The van der Waals surface area contributed by atoms with Crippen molar-refractivity contribution >= 4 is 21.6 Å². The van der Waals surface area contributed by atoms with Crippen LogP contribution in [0.3, 0.4) is 0 Å². The van der Waals surface area contributed by atoms with E-state index in [1.165, 1.54) is 5.56 Å². The Kier molecular flexibility index (Phi) is 4.24. The summed E-state index contributed by atoms with van der Waals surface area (Å²) in [7, 11) is 0. The molecule has 3 heteroatoms. The van der Waals surface area contributed by atoms with Gasteiger partial charge in [-0.15, -0.1) is 0 Å². The van der Waals surface area contributed by atoms with Crippen molar-refractivity contribution in [2.45, 2.75) is 19.9 Å². The van der Waals surface area contributed by atoms with Gasteiger partial charge in [-0.25, -0.2) is 0 Å². The summed E-state index contributed by atoms with van der Waals surface area (Å²) in [6.45, 7) is 4.07. The van der Waals surface area contributed by atoms with Crippen LogP contribution in [0.25, 0.3) is 0 Å². The van der Waals surface area contributed by atoms with Gasteiger partial charge in [-0.1, -0.05) is 45.8 Å². The van der Waals surface area contributed by atoms with Crippen LogP contribution in [0.2, 0.25) is 0 Å². The molecule has 0 heterocycles. The van der Waals surface area contributed by atoms with Gasteiger partial charge in [-0.3, -0.25) is 0 Å². The Hall–Kier alpha value is -1.79. The highest BCUT2D eigenvalue weighted by Gasteiger charge is 2.11. The second-order valence-corrected chi connectivity index (χ2v) is 5.44. The smallest absolute Gasteiger partial charge is 0.140 e. The first-order valence-corrected chi connectivity index (χ1v) is 6.88. The lowest BCUT2D eigenvalue weighted by Crippen LogP contribution is -2.08. The standard InChI is InChI=1S/C16H15BrN2/c1-11-3-7-14(8-4-11)19-16(10-18)13-6-5-12(2)15(17)9-13/h3-9,16,19H,1-2H3. The molecule has 96 valence electrons. The molecule has 0 amide bonds. The number of hydrogen-bond acceptors (Lipinski definition) is 2. The monoisotopic (exact) mass is 314 g/mol. The van der Waals surface area contributed by atoms with E-state index in [1.54, 1.807) is 0 Å². The van der Waals surface area contributed by atoms with Crippen LogP contribution in [0.1, 0.15) is 22.7 Å². The maximum Gasteiger partial charge on any atom is 0.140 e. The third-order valence-corrected chi connectivity index (χ3v) is 3.88. The molecule has 0 saturated heterocycles. The van der Waals surface area contributed by atoms with Crippen molar-refractivity contribution in [3.63, 3.8) is 0 Å². The van der Waals surface area contributed by atoms with E-state index in [0.717, 1.165) is 21.3 Å². The van der Waals surface area contributed by atoms with Crippen LogP contribution in [0.4, 0.5) is 5.69 Å². The molecule has 0 radical (unpaired) electrons. The second kappa shape index (κ2) is 5.90. The fourth-order valence-corrected chi connectivity index (χ4v) is 2.19. The molecular weight excluding hydrogens is 300 g/mol. The molecule has 0 aliphatic rings. The van der Waals surface area contributed by atoms with Gasteiger partial charge in [0.25, 0.3) is 0 Å². The van der Waals surface area contributed by atoms with Crippen LogP contribution in [0.5, 0.6) is 0 Å². The molecule has 2 aromatic carbocycles. The van der Waals surface area contributed by atoms with Crippen LogP contribution in [0, 0.1) is 25.2 Å². The van der Waals surface area contributed by atoms with Crippen LogP contribution >= 0.6 is 15.9 Å². The zero-order valence-corrected chi connectivity index (χ0v) is 12.5. The Morgan fingerprint density at radius 2 is 1.79 bits per heavy atom. The average Bonchev–Trinajstić information content (AvgIpc) is 2.41. The van der Waals surface area contributed by atoms with Crippen molar-refractivity contribution in [3.05, 3.63) is 63.6 Å². The van der Waals surface area contributed by atoms with E-state index in [4.69, 9.17) is 0 Å². The number of rotatable bonds is 3. The number of nitrogens with zero attached hydrogens (tertiary/aromatic N) is 1. The minimum absolute atomic E-state index is 0.348. The van der Waals surface area contributed by atoms with Crippen molar-refractivity contribution in [2.75, 3.05) is 5.32 Å². The minimum Gasteiger partial charge on any atom is -0.366 e. The largest absolute Gasteiger partial charge is 0.366 e. The SMILES string of the molecule is Cc1ccc(NC(C#N)c2ccc(C)c(Br)c2)cc1. The maximum atomic E-state index is 9.33. The van der Waals surface area contributed by atoms with Crippen molar-refractivity contribution in [1.29, 1.82) is 5.26 Å². The first-order valence-electron chi connectivity index (χ1n) is 6.09. The van der Waals surface area contributed by atoms with Gasteiger partial charge in [0.1, 0.15) is 6.04 Å². The summed E-state index contributed by atoms with van der Waals surface area (Å²) in [5.74, 6) is 0. The highest BCUT2D eigenvalue weighted by molar-refractivity contribution is 9.10. The third kappa shape index (κ3) is 3.36. The Morgan fingerprint density at radius 1 is 1.11 bits per heavy atom. The summed E-state index contributed by atoms with van der Waals surface area (Å²) >= 11 is 3.50. The number of anilines is 1. The van der Waals surface area contributed by atoms with Gasteiger partial charge in [0.05, 0.1) is 6.07 Å². The van der Waals surface area contributed by atoms with E-state index in [2.05, 4.69) is 27.3 Å². The van der Waals surface area contributed by atoms with E-state index in [0.29, 0.717) is 0 Å². The third-order valence-electron chi connectivity index (χ3n) is 3.02. The Balaban J connectivity index is 2.23. The molecular formula is C16H15BrN2. The molecule has 2 rings (SSSR count). The van der Waals surface area contributed by atoms with Crippen molar-refractivity contribution < 1.29 is 0 Å². The van der Waals surface area contributed by atoms with E-state index < -0.39 is 0 Å². The summed E-state index contributed by atoms with van der Waals surface area (Å²) in [4.78, 5) is 0. The quantitative estimate of drug-likeness (QED) is 0.888. The fourth-order valence-electron chi connectivity index (χ4n) is 1.80. The van der Waals surface area contributed by atoms with E-state index in [9.17, 15) is 5.26 Å². The zero-order valence-electron chi connectivity index (χ0n) is 10.9. The van der Waals surface area contributed by atoms with Gasteiger partial charge < -0.3 is 5.32 Å². The Labute approximate surface area is 122 Å². The normalized spacial score (nSPS) is 11.7. The van der Waals surface area contributed by atoms with Gasteiger partial charge in [0.2, 0.25) is 0 Å². The number of nitrogens with one attached hydrogen (secondary N) is 1. The van der Waals surface area contributed by atoms with Crippen LogP contribution in [-0.4, -0.2) is 0 Å². The zero-order chi connectivity index (χ0) is 13.8. The summed E-state index contributed by atoms with van der Waals surface area (Å²) in [6, 6.07) is 16.0. The Morgan fingerprint density at radius 3 is 2.37 bits per heavy atom. The molecule has 2 aromatic rings. The topological polar surface area (TPSA) is 35.8 Å². The summed E-state index contributed by atoms with van der Waals surface area (Å²) < 4.78 is 1.02. The Bertz CT molecular complexity index is 612. The lowest BCUT2D eigenvalue weighted by molar-refractivity contribution is 0.994. The number of aryl methyl sites for hydroxylation is 2. The van der Waals surface area contributed by atoms with E-state index in [-0.39, 0.29) is 6.04 Å². The predicted molar refractivity (Wildman–Crippen MR) is 82.0 cm³/mol. The van der Waals surface area contributed by atoms with Crippen LogP contribution in [0.15, 0.2) is 46.9 Å². The molecule has 0 spiro atoms. The van der Waals surface area contributed by atoms with Gasteiger partial charge in [0, 0.05) is 10.2 Å². The number of benzene rings is 2. The number of nitriles is 1. The number of halogens is 1. The summed E-state index contributed by atoms with van der Waals surface area (Å²) in [6.07, 6.45) is 0. The molecule has 1 atom stereocenters. The van der Waals surface area contributed by atoms with Crippen LogP contribution < -0.4 is 5.32 Å². The highest BCUT2D eigenvalue weighted by atomic mass is 79.9.